The first kappa shape index (κ1) is 15.4. The molecule has 1 unspecified atom stereocenters. The second-order valence-corrected chi connectivity index (χ2v) is 6.12. The van der Waals surface area contributed by atoms with Gasteiger partial charge in [-0.2, -0.15) is 0 Å². The van der Waals surface area contributed by atoms with Crippen LogP contribution in [0.5, 0.6) is 0 Å². The molecule has 1 amide bonds. The summed E-state index contributed by atoms with van der Waals surface area (Å²) in [6.45, 7) is 8.31. The average Bonchev–Trinajstić information content (AvgIpc) is 2.35. The van der Waals surface area contributed by atoms with Crippen molar-refractivity contribution in [1.29, 1.82) is 0 Å². The maximum atomic E-state index is 12.4. The minimum Gasteiger partial charge on any atom is -0.393 e. The van der Waals surface area contributed by atoms with Gasteiger partial charge in [0.25, 0.3) is 0 Å². The van der Waals surface area contributed by atoms with Crippen LogP contribution in [0.1, 0.15) is 46.5 Å². The number of nitrogens with two attached hydrogens (primary N) is 1. The van der Waals surface area contributed by atoms with E-state index in [4.69, 9.17) is 18.0 Å². The van der Waals surface area contributed by atoms with Gasteiger partial charge in [-0.1, -0.05) is 39.4 Å². The Bertz CT molecular complexity index is 296. The van der Waals surface area contributed by atoms with Crippen LogP contribution in [0.25, 0.3) is 0 Å². The van der Waals surface area contributed by atoms with E-state index < -0.39 is 0 Å². The summed E-state index contributed by atoms with van der Waals surface area (Å²) in [7, 11) is 0. The van der Waals surface area contributed by atoms with E-state index in [-0.39, 0.29) is 11.8 Å². The summed E-state index contributed by atoms with van der Waals surface area (Å²) >= 11 is 5.02. The standard InChI is InChI=1S/C14H26N2OS/c1-4-5-12(13(15)18)14(17)16-8-6-11(7-9-16)10(2)3/h10-12H,4-9H2,1-3H3,(H2,15,18). The van der Waals surface area contributed by atoms with Crippen LogP contribution in [0.4, 0.5) is 0 Å². The van der Waals surface area contributed by atoms with Crippen LogP contribution >= 0.6 is 12.2 Å². The van der Waals surface area contributed by atoms with Gasteiger partial charge >= 0.3 is 0 Å². The molecule has 4 heteroatoms. The van der Waals surface area contributed by atoms with Gasteiger partial charge in [0.1, 0.15) is 0 Å². The molecular weight excluding hydrogens is 244 g/mol. The SMILES string of the molecule is CCCC(C(=O)N1CCC(C(C)C)CC1)C(N)=S. The summed E-state index contributed by atoms with van der Waals surface area (Å²) in [5.41, 5.74) is 5.69. The fraction of sp³-hybridized carbons (Fsp3) is 0.857. The molecule has 1 saturated heterocycles. The molecule has 1 heterocycles. The number of hydrogen-bond donors (Lipinski definition) is 1. The Kier molecular flexibility index (Phi) is 6.06. The van der Waals surface area contributed by atoms with E-state index in [0.29, 0.717) is 10.9 Å². The fourth-order valence-electron chi connectivity index (χ4n) is 2.68. The quantitative estimate of drug-likeness (QED) is 0.781. The topological polar surface area (TPSA) is 46.3 Å². The van der Waals surface area contributed by atoms with Crippen LogP contribution in [-0.2, 0) is 4.79 Å². The molecule has 1 rings (SSSR count). The van der Waals surface area contributed by atoms with E-state index >= 15 is 0 Å². The normalized spacial score (nSPS) is 19.0. The van der Waals surface area contributed by atoms with Crippen molar-refractivity contribution in [2.24, 2.45) is 23.5 Å². The molecule has 0 aromatic rings. The van der Waals surface area contributed by atoms with E-state index in [1.807, 2.05) is 4.90 Å². The molecule has 18 heavy (non-hydrogen) atoms. The van der Waals surface area contributed by atoms with Crippen molar-refractivity contribution in [3.8, 4) is 0 Å². The van der Waals surface area contributed by atoms with E-state index in [2.05, 4.69) is 20.8 Å². The maximum Gasteiger partial charge on any atom is 0.232 e. The predicted molar refractivity (Wildman–Crippen MR) is 79.3 cm³/mol. The van der Waals surface area contributed by atoms with Crippen molar-refractivity contribution in [1.82, 2.24) is 4.90 Å². The van der Waals surface area contributed by atoms with Crippen molar-refractivity contribution < 1.29 is 4.79 Å². The number of hydrogen-bond acceptors (Lipinski definition) is 2. The molecule has 0 aromatic heterocycles. The highest BCUT2D eigenvalue weighted by Crippen LogP contribution is 2.25. The number of nitrogens with zero attached hydrogens (tertiary/aromatic N) is 1. The third kappa shape index (κ3) is 3.94. The zero-order valence-corrected chi connectivity index (χ0v) is 12.6. The van der Waals surface area contributed by atoms with Crippen LogP contribution < -0.4 is 5.73 Å². The molecule has 1 fully saturated rings. The van der Waals surface area contributed by atoms with Gasteiger partial charge in [-0.25, -0.2) is 0 Å². The second kappa shape index (κ2) is 7.07. The van der Waals surface area contributed by atoms with Crippen LogP contribution in [0, 0.1) is 17.8 Å². The Hall–Kier alpha value is -0.640. The van der Waals surface area contributed by atoms with Crippen LogP contribution in [-0.4, -0.2) is 28.9 Å². The third-order valence-electron chi connectivity index (χ3n) is 4.01. The number of rotatable bonds is 5. The van der Waals surface area contributed by atoms with E-state index in [1.165, 1.54) is 0 Å². The Morgan fingerprint density at radius 2 is 1.94 bits per heavy atom. The average molecular weight is 270 g/mol. The molecule has 1 aliphatic heterocycles. The summed E-state index contributed by atoms with van der Waals surface area (Å²) < 4.78 is 0. The molecule has 0 radical (unpaired) electrons. The molecule has 0 aromatic carbocycles. The number of carbonyl (C=O) groups excluding carboxylic acids is 1. The van der Waals surface area contributed by atoms with Crippen LogP contribution in [0.15, 0.2) is 0 Å². The molecule has 3 nitrogen and oxygen atoms in total. The van der Waals surface area contributed by atoms with Gasteiger partial charge in [-0.3, -0.25) is 4.79 Å². The van der Waals surface area contributed by atoms with Crippen LogP contribution in [0.2, 0.25) is 0 Å². The van der Waals surface area contributed by atoms with Gasteiger partial charge < -0.3 is 10.6 Å². The van der Waals surface area contributed by atoms with Crippen molar-refractivity contribution in [2.45, 2.75) is 46.5 Å². The molecule has 0 saturated carbocycles. The monoisotopic (exact) mass is 270 g/mol. The lowest BCUT2D eigenvalue weighted by Gasteiger charge is -2.35. The predicted octanol–water partition coefficient (Wildman–Crippen LogP) is 2.58. The van der Waals surface area contributed by atoms with Gasteiger partial charge in [0.15, 0.2) is 0 Å². The van der Waals surface area contributed by atoms with E-state index in [1.54, 1.807) is 0 Å². The molecule has 104 valence electrons. The third-order valence-corrected chi connectivity index (χ3v) is 4.30. The lowest BCUT2D eigenvalue weighted by atomic mass is 9.86. The summed E-state index contributed by atoms with van der Waals surface area (Å²) in [6.07, 6.45) is 3.94. The van der Waals surface area contributed by atoms with E-state index in [0.717, 1.165) is 44.7 Å². The highest BCUT2D eigenvalue weighted by Gasteiger charge is 2.29. The first-order chi connectivity index (χ1) is 8.47. The van der Waals surface area contributed by atoms with Gasteiger partial charge in [0.05, 0.1) is 10.9 Å². The number of amides is 1. The molecule has 0 aliphatic carbocycles. The van der Waals surface area contributed by atoms with Crippen molar-refractivity contribution in [3.63, 3.8) is 0 Å². The lowest BCUT2D eigenvalue weighted by Crippen LogP contribution is -2.45. The van der Waals surface area contributed by atoms with Gasteiger partial charge in [-0.05, 0) is 31.1 Å². The molecule has 0 bridgehead atoms. The lowest BCUT2D eigenvalue weighted by molar-refractivity contribution is -0.135. The molecule has 0 spiro atoms. The smallest absolute Gasteiger partial charge is 0.232 e. The fourth-order valence-corrected chi connectivity index (χ4v) is 2.90. The van der Waals surface area contributed by atoms with Crippen molar-refractivity contribution in [3.05, 3.63) is 0 Å². The van der Waals surface area contributed by atoms with Crippen molar-refractivity contribution in [2.75, 3.05) is 13.1 Å². The maximum absolute atomic E-state index is 12.4. The Balaban J connectivity index is 2.55. The molecule has 2 N–H and O–H groups in total. The Labute approximate surface area is 116 Å². The van der Waals surface area contributed by atoms with Crippen LogP contribution in [0.3, 0.4) is 0 Å². The van der Waals surface area contributed by atoms with Crippen molar-refractivity contribution >= 4 is 23.1 Å². The minimum atomic E-state index is -0.249. The molecule has 1 aliphatic rings. The summed E-state index contributed by atoms with van der Waals surface area (Å²) in [6, 6.07) is 0. The zero-order valence-electron chi connectivity index (χ0n) is 11.8. The number of carbonyl (C=O) groups is 1. The summed E-state index contributed by atoms with van der Waals surface area (Å²) in [5.74, 6) is 1.36. The number of likely N-dealkylation sites (tertiary alicyclic amines) is 1. The van der Waals surface area contributed by atoms with E-state index in [9.17, 15) is 4.79 Å². The largest absolute Gasteiger partial charge is 0.393 e. The first-order valence-corrected chi connectivity index (χ1v) is 7.46. The Morgan fingerprint density at radius 1 is 1.39 bits per heavy atom. The number of piperidine rings is 1. The van der Waals surface area contributed by atoms with Gasteiger partial charge in [0.2, 0.25) is 5.91 Å². The first-order valence-electron chi connectivity index (χ1n) is 7.05. The highest BCUT2D eigenvalue weighted by molar-refractivity contribution is 7.80. The highest BCUT2D eigenvalue weighted by atomic mass is 32.1. The van der Waals surface area contributed by atoms with Gasteiger partial charge in [0, 0.05) is 13.1 Å². The zero-order chi connectivity index (χ0) is 13.7. The Morgan fingerprint density at radius 3 is 2.33 bits per heavy atom. The number of thiocarbonyl (C=S) groups is 1. The second-order valence-electron chi connectivity index (χ2n) is 5.65. The van der Waals surface area contributed by atoms with Gasteiger partial charge in [-0.15, -0.1) is 0 Å². The summed E-state index contributed by atoms with van der Waals surface area (Å²) in [5, 5.41) is 0. The summed E-state index contributed by atoms with van der Waals surface area (Å²) in [4.78, 5) is 14.7. The molecule has 1 atom stereocenters. The molecular formula is C14H26N2OS. The minimum absolute atomic E-state index is 0.145.